The van der Waals surface area contributed by atoms with Crippen LogP contribution in [0, 0.1) is 17.3 Å². The number of nitrogens with zero attached hydrogens (tertiary/aromatic N) is 1. The molecule has 0 aromatic carbocycles. The second-order valence-corrected chi connectivity index (χ2v) is 7.05. The minimum Gasteiger partial charge on any atom is -0.481 e. The first kappa shape index (κ1) is 17.1. The highest BCUT2D eigenvalue weighted by atomic mass is 16.5. The lowest BCUT2D eigenvalue weighted by Crippen LogP contribution is -2.50. The molecule has 2 atom stereocenters. The number of rotatable bonds is 6. The lowest BCUT2D eigenvalue weighted by atomic mass is 9.67. The molecule has 6 heteroatoms. The highest BCUT2D eigenvalue weighted by molar-refractivity contribution is 5.76. The van der Waals surface area contributed by atoms with Gasteiger partial charge in [0, 0.05) is 26.7 Å². The van der Waals surface area contributed by atoms with Crippen LogP contribution in [-0.4, -0.2) is 55.4 Å². The van der Waals surface area contributed by atoms with E-state index in [9.17, 15) is 9.59 Å². The Morgan fingerprint density at radius 3 is 2.64 bits per heavy atom. The maximum atomic E-state index is 12.3. The van der Waals surface area contributed by atoms with Gasteiger partial charge in [0.2, 0.25) is 0 Å². The van der Waals surface area contributed by atoms with Crippen LogP contribution in [0.5, 0.6) is 0 Å². The molecule has 0 bridgehead atoms. The van der Waals surface area contributed by atoms with Gasteiger partial charge in [-0.1, -0.05) is 13.3 Å². The van der Waals surface area contributed by atoms with Gasteiger partial charge < -0.3 is 20.1 Å². The number of likely N-dealkylation sites (tertiary alicyclic amines) is 1. The van der Waals surface area contributed by atoms with E-state index in [0.717, 1.165) is 13.0 Å². The summed E-state index contributed by atoms with van der Waals surface area (Å²) in [5.74, 6) is -1.02. The van der Waals surface area contributed by atoms with Crippen LogP contribution in [-0.2, 0) is 9.53 Å². The fourth-order valence-electron chi connectivity index (χ4n) is 3.69. The molecular formula is C16H28N2O4. The van der Waals surface area contributed by atoms with Gasteiger partial charge in [0.25, 0.3) is 0 Å². The minimum absolute atomic E-state index is 0.135. The van der Waals surface area contributed by atoms with Crippen molar-refractivity contribution in [1.82, 2.24) is 10.2 Å². The Bertz CT molecular complexity index is 409. The van der Waals surface area contributed by atoms with Crippen LogP contribution < -0.4 is 5.32 Å². The lowest BCUT2D eigenvalue weighted by Gasteiger charge is -2.41. The zero-order valence-corrected chi connectivity index (χ0v) is 13.6. The summed E-state index contributed by atoms with van der Waals surface area (Å²) in [6, 6.07) is -0.135. The fraction of sp³-hybridized carbons (Fsp3) is 0.875. The number of amides is 2. The Labute approximate surface area is 132 Å². The Morgan fingerprint density at radius 1 is 1.36 bits per heavy atom. The van der Waals surface area contributed by atoms with E-state index in [4.69, 9.17) is 9.84 Å². The smallest absolute Gasteiger partial charge is 0.317 e. The minimum atomic E-state index is -0.808. The van der Waals surface area contributed by atoms with Crippen molar-refractivity contribution in [2.75, 3.05) is 33.4 Å². The molecule has 22 heavy (non-hydrogen) atoms. The quantitative estimate of drug-likeness (QED) is 0.785. The van der Waals surface area contributed by atoms with Gasteiger partial charge in [-0.15, -0.1) is 0 Å². The van der Waals surface area contributed by atoms with E-state index in [2.05, 4.69) is 5.32 Å². The van der Waals surface area contributed by atoms with Crippen LogP contribution in [0.4, 0.5) is 4.79 Å². The third-order valence-corrected chi connectivity index (χ3v) is 5.09. The predicted octanol–water partition coefficient (Wildman–Crippen LogP) is 1.95. The van der Waals surface area contributed by atoms with Gasteiger partial charge in [0.05, 0.1) is 12.5 Å². The number of aliphatic carboxylic acids is 1. The number of methoxy groups -OCH3 is 1. The summed E-state index contributed by atoms with van der Waals surface area (Å²) in [6.45, 7) is 4.33. The van der Waals surface area contributed by atoms with Gasteiger partial charge in [-0.2, -0.15) is 0 Å². The van der Waals surface area contributed by atoms with Crippen LogP contribution in [0.15, 0.2) is 0 Å². The number of ether oxygens (including phenoxy) is 1. The number of carboxylic acid groups (broad SMARTS) is 1. The molecule has 2 aliphatic rings. The molecule has 0 radical (unpaired) electrons. The summed E-state index contributed by atoms with van der Waals surface area (Å²) in [5.41, 5.74) is 0.237. The Kier molecular flexibility index (Phi) is 5.67. The van der Waals surface area contributed by atoms with Crippen molar-refractivity contribution in [3.8, 4) is 0 Å². The van der Waals surface area contributed by atoms with Crippen molar-refractivity contribution in [2.24, 2.45) is 17.3 Å². The van der Waals surface area contributed by atoms with Crippen LogP contribution in [0.3, 0.4) is 0 Å². The summed E-state index contributed by atoms with van der Waals surface area (Å²) in [4.78, 5) is 25.1. The molecule has 6 nitrogen and oxygen atoms in total. The molecule has 2 N–H and O–H groups in total. The van der Waals surface area contributed by atoms with Crippen molar-refractivity contribution >= 4 is 12.0 Å². The molecule has 0 spiro atoms. The molecule has 1 saturated carbocycles. The normalized spacial score (nSPS) is 27.1. The molecule has 1 aliphatic heterocycles. The summed E-state index contributed by atoms with van der Waals surface area (Å²) in [7, 11) is 1.72. The van der Waals surface area contributed by atoms with Gasteiger partial charge in [0.1, 0.15) is 0 Å². The first-order valence-electron chi connectivity index (χ1n) is 8.20. The maximum Gasteiger partial charge on any atom is 0.317 e. The Hall–Kier alpha value is -1.30. The lowest BCUT2D eigenvalue weighted by molar-refractivity contribution is -0.143. The average Bonchev–Trinajstić information content (AvgIpc) is 2.43. The predicted molar refractivity (Wildman–Crippen MR) is 82.7 cm³/mol. The number of hydrogen-bond donors (Lipinski definition) is 2. The van der Waals surface area contributed by atoms with Gasteiger partial charge >= 0.3 is 12.0 Å². The molecule has 2 unspecified atom stereocenters. The molecule has 0 aromatic heterocycles. The third kappa shape index (κ3) is 4.12. The molecule has 1 aliphatic carbocycles. The number of piperidine rings is 1. The zero-order chi connectivity index (χ0) is 16.2. The average molecular weight is 312 g/mol. The number of carbonyl (C=O) groups is 2. The van der Waals surface area contributed by atoms with Crippen molar-refractivity contribution < 1.29 is 19.4 Å². The van der Waals surface area contributed by atoms with E-state index < -0.39 is 11.9 Å². The van der Waals surface area contributed by atoms with E-state index in [-0.39, 0.29) is 17.4 Å². The third-order valence-electron chi connectivity index (χ3n) is 5.09. The van der Waals surface area contributed by atoms with E-state index in [0.29, 0.717) is 26.1 Å². The molecule has 2 fully saturated rings. The maximum absolute atomic E-state index is 12.3. The standard InChI is InChI=1S/C16H28N2O4/c1-12-8-13(14(19)20)10-18(9-12)15(21)17-7-6-16(11-22-2)4-3-5-16/h12-13H,3-11H2,1-2H3,(H,17,21)(H,19,20). The van der Waals surface area contributed by atoms with Crippen LogP contribution in [0.2, 0.25) is 0 Å². The molecule has 126 valence electrons. The Morgan fingerprint density at radius 2 is 2.09 bits per heavy atom. The second kappa shape index (κ2) is 7.31. The number of hydrogen-bond acceptors (Lipinski definition) is 3. The Balaban J connectivity index is 1.78. The van der Waals surface area contributed by atoms with E-state index in [1.54, 1.807) is 12.0 Å². The van der Waals surface area contributed by atoms with Gasteiger partial charge in [-0.3, -0.25) is 4.79 Å². The number of urea groups is 1. The highest BCUT2D eigenvalue weighted by Gasteiger charge is 2.37. The second-order valence-electron chi connectivity index (χ2n) is 7.05. The van der Waals surface area contributed by atoms with Crippen molar-refractivity contribution in [1.29, 1.82) is 0 Å². The van der Waals surface area contributed by atoms with Crippen molar-refractivity contribution in [3.63, 3.8) is 0 Å². The first-order chi connectivity index (χ1) is 10.5. The molecule has 2 rings (SSSR count). The summed E-state index contributed by atoms with van der Waals surface area (Å²) < 4.78 is 5.29. The molecule has 1 heterocycles. The molecule has 2 amide bonds. The summed E-state index contributed by atoms with van der Waals surface area (Å²) >= 11 is 0. The summed E-state index contributed by atoms with van der Waals surface area (Å²) in [5, 5.41) is 12.1. The van der Waals surface area contributed by atoms with Gasteiger partial charge in [-0.05, 0) is 37.0 Å². The molecule has 1 saturated heterocycles. The monoisotopic (exact) mass is 312 g/mol. The van der Waals surface area contributed by atoms with Crippen LogP contribution >= 0.6 is 0 Å². The van der Waals surface area contributed by atoms with Gasteiger partial charge in [-0.25, -0.2) is 4.79 Å². The van der Waals surface area contributed by atoms with Crippen LogP contribution in [0.25, 0.3) is 0 Å². The summed E-state index contributed by atoms with van der Waals surface area (Å²) in [6.07, 6.45) is 5.15. The number of nitrogens with one attached hydrogen (secondary N) is 1. The SMILES string of the molecule is COCC1(CCNC(=O)N2CC(C)CC(C(=O)O)C2)CCC1. The van der Waals surface area contributed by atoms with E-state index >= 15 is 0 Å². The zero-order valence-electron chi connectivity index (χ0n) is 13.6. The highest BCUT2D eigenvalue weighted by Crippen LogP contribution is 2.43. The molecular weight excluding hydrogens is 284 g/mol. The van der Waals surface area contributed by atoms with Crippen molar-refractivity contribution in [3.05, 3.63) is 0 Å². The molecule has 0 aromatic rings. The number of carboxylic acids is 1. The van der Waals surface area contributed by atoms with E-state index in [1.165, 1.54) is 19.3 Å². The van der Waals surface area contributed by atoms with Gasteiger partial charge in [0.15, 0.2) is 0 Å². The first-order valence-corrected chi connectivity index (χ1v) is 8.20. The number of carbonyl (C=O) groups excluding carboxylic acids is 1. The van der Waals surface area contributed by atoms with E-state index in [1.807, 2.05) is 6.92 Å². The fourth-order valence-corrected chi connectivity index (χ4v) is 3.69. The largest absolute Gasteiger partial charge is 0.481 e. The van der Waals surface area contributed by atoms with Crippen LogP contribution in [0.1, 0.15) is 39.0 Å². The topological polar surface area (TPSA) is 78.9 Å². The van der Waals surface area contributed by atoms with Crippen molar-refractivity contribution in [2.45, 2.75) is 39.0 Å².